The molecule has 0 saturated heterocycles. The molecular weight excluding hydrogens is 392 g/mol. The van der Waals surface area contributed by atoms with Gasteiger partial charge >= 0.3 is 0 Å². The summed E-state index contributed by atoms with van der Waals surface area (Å²) in [6.07, 6.45) is 1.23. The van der Waals surface area contributed by atoms with E-state index in [-0.39, 0.29) is 11.8 Å². The molecule has 142 valence electrons. The van der Waals surface area contributed by atoms with Gasteiger partial charge in [0.15, 0.2) is 0 Å². The van der Waals surface area contributed by atoms with Crippen LogP contribution in [0.4, 0.5) is 5.69 Å². The average molecular weight is 411 g/mol. The Balaban J connectivity index is 1.45. The number of halogens is 1. The van der Waals surface area contributed by atoms with Gasteiger partial charge in [-0.25, -0.2) is 0 Å². The van der Waals surface area contributed by atoms with Gasteiger partial charge in [0.1, 0.15) is 0 Å². The summed E-state index contributed by atoms with van der Waals surface area (Å²) >= 11 is 7.50. The number of rotatable bonds is 5. The summed E-state index contributed by atoms with van der Waals surface area (Å²) in [7, 11) is 0. The van der Waals surface area contributed by atoms with Gasteiger partial charge in [-0.2, -0.15) is 0 Å². The number of amides is 2. The van der Waals surface area contributed by atoms with Crippen molar-refractivity contribution in [2.24, 2.45) is 0 Å². The lowest BCUT2D eigenvalue weighted by molar-refractivity contribution is -0.120. The van der Waals surface area contributed by atoms with Crippen LogP contribution < -0.4 is 10.2 Å². The highest BCUT2D eigenvalue weighted by molar-refractivity contribution is 7.10. The first kappa shape index (κ1) is 18.7. The molecule has 1 aliphatic rings. The standard InChI is InChI=1S/C22H19ClN2O2S/c23-18-7-5-17(6-8-18)22(27)25-10-9-16-4-3-15(12-20(16)25)14-24-21(26)13-19-2-1-11-28-19/h1-8,11-12H,9-10,13-14H2,(H,24,26). The predicted molar refractivity (Wildman–Crippen MR) is 113 cm³/mol. The highest BCUT2D eigenvalue weighted by Gasteiger charge is 2.25. The van der Waals surface area contributed by atoms with Crippen LogP contribution in [0.2, 0.25) is 5.02 Å². The number of carbonyl (C=O) groups excluding carboxylic acids is 2. The fourth-order valence-corrected chi connectivity index (χ4v) is 4.16. The molecule has 0 fully saturated rings. The van der Waals surface area contributed by atoms with Gasteiger partial charge in [-0.15, -0.1) is 11.3 Å². The second kappa shape index (κ2) is 8.17. The molecule has 4 nitrogen and oxygen atoms in total. The fraction of sp³-hybridized carbons (Fsp3) is 0.182. The van der Waals surface area contributed by atoms with Crippen molar-refractivity contribution in [3.63, 3.8) is 0 Å². The zero-order valence-electron chi connectivity index (χ0n) is 15.2. The van der Waals surface area contributed by atoms with Crippen molar-refractivity contribution in [3.8, 4) is 0 Å². The van der Waals surface area contributed by atoms with Crippen LogP contribution in [0.15, 0.2) is 60.0 Å². The van der Waals surface area contributed by atoms with Crippen molar-refractivity contribution >= 4 is 40.4 Å². The van der Waals surface area contributed by atoms with Gasteiger partial charge in [-0.05, 0) is 59.3 Å². The number of nitrogens with one attached hydrogen (secondary N) is 1. The Labute approximate surface area is 172 Å². The van der Waals surface area contributed by atoms with E-state index in [2.05, 4.69) is 5.32 Å². The Kier molecular flexibility index (Phi) is 5.46. The average Bonchev–Trinajstić information content (AvgIpc) is 3.35. The third-order valence-corrected chi connectivity index (χ3v) is 5.91. The molecule has 2 heterocycles. The smallest absolute Gasteiger partial charge is 0.258 e. The molecule has 0 aliphatic carbocycles. The van der Waals surface area contributed by atoms with Gasteiger partial charge in [0.25, 0.3) is 5.91 Å². The predicted octanol–water partition coefficient (Wildman–Crippen LogP) is 4.46. The number of thiophene rings is 1. The molecule has 6 heteroatoms. The van der Waals surface area contributed by atoms with E-state index in [9.17, 15) is 9.59 Å². The molecule has 0 unspecified atom stereocenters. The highest BCUT2D eigenvalue weighted by atomic mass is 35.5. The molecule has 1 N–H and O–H groups in total. The quantitative estimate of drug-likeness (QED) is 0.674. The van der Waals surface area contributed by atoms with E-state index in [0.717, 1.165) is 28.1 Å². The first-order chi connectivity index (χ1) is 13.6. The lowest BCUT2D eigenvalue weighted by Crippen LogP contribution is -2.29. The molecule has 0 saturated carbocycles. The fourth-order valence-electron chi connectivity index (χ4n) is 3.33. The zero-order chi connectivity index (χ0) is 19.5. The summed E-state index contributed by atoms with van der Waals surface area (Å²) in [6, 6.07) is 16.9. The first-order valence-electron chi connectivity index (χ1n) is 9.08. The number of anilines is 1. The summed E-state index contributed by atoms with van der Waals surface area (Å²) in [6.45, 7) is 1.10. The maximum absolute atomic E-state index is 12.9. The Hall–Kier alpha value is -2.63. The van der Waals surface area contributed by atoms with E-state index in [0.29, 0.717) is 30.1 Å². The molecule has 2 aromatic carbocycles. The Morgan fingerprint density at radius 2 is 1.93 bits per heavy atom. The van der Waals surface area contributed by atoms with Crippen LogP contribution in [0.5, 0.6) is 0 Å². The van der Waals surface area contributed by atoms with Crippen molar-refractivity contribution in [1.82, 2.24) is 5.32 Å². The van der Waals surface area contributed by atoms with E-state index in [1.807, 2.05) is 35.7 Å². The molecule has 3 aromatic rings. The summed E-state index contributed by atoms with van der Waals surface area (Å²) in [4.78, 5) is 27.9. The van der Waals surface area contributed by atoms with Crippen molar-refractivity contribution in [2.45, 2.75) is 19.4 Å². The molecular formula is C22H19ClN2O2S. The Bertz CT molecular complexity index is 1000. The van der Waals surface area contributed by atoms with Crippen LogP contribution in [0.1, 0.15) is 26.4 Å². The molecule has 0 bridgehead atoms. The minimum atomic E-state index is -0.0331. The molecule has 0 atom stereocenters. The van der Waals surface area contributed by atoms with Gasteiger partial charge in [0.2, 0.25) is 5.91 Å². The normalized spacial score (nSPS) is 12.7. The maximum Gasteiger partial charge on any atom is 0.258 e. The van der Waals surface area contributed by atoms with E-state index < -0.39 is 0 Å². The largest absolute Gasteiger partial charge is 0.352 e. The molecule has 1 aliphatic heterocycles. The van der Waals surface area contributed by atoms with Crippen LogP contribution in [0, 0.1) is 0 Å². The van der Waals surface area contributed by atoms with Gasteiger partial charge < -0.3 is 10.2 Å². The molecule has 1 aromatic heterocycles. The van der Waals surface area contributed by atoms with E-state index >= 15 is 0 Å². The monoisotopic (exact) mass is 410 g/mol. The highest BCUT2D eigenvalue weighted by Crippen LogP contribution is 2.30. The SMILES string of the molecule is O=C(Cc1cccs1)NCc1ccc2c(c1)N(C(=O)c1ccc(Cl)cc1)CC2. The number of hydrogen-bond acceptors (Lipinski definition) is 3. The van der Waals surface area contributed by atoms with Crippen LogP contribution >= 0.6 is 22.9 Å². The topological polar surface area (TPSA) is 49.4 Å². The second-order valence-electron chi connectivity index (χ2n) is 6.71. The second-order valence-corrected chi connectivity index (χ2v) is 8.18. The number of hydrogen-bond donors (Lipinski definition) is 1. The van der Waals surface area contributed by atoms with Gasteiger partial charge in [-0.1, -0.05) is 29.8 Å². The van der Waals surface area contributed by atoms with Crippen LogP contribution in [0.25, 0.3) is 0 Å². The summed E-state index contributed by atoms with van der Waals surface area (Å²) in [5.41, 5.74) is 3.67. The molecule has 4 rings (SSSR count). The third-order valence-electron chi connectivity index (χ3n) is 4.79. The van der Waals surface area contributed by atoms with Crippen molar-refractivity contribution in [1.29, 1.82) is 0 Å². The van der Waals surface area contributed by atoms with Gasteiger partial charge in [0, 0.05) is 34.2 Å². The molecule has 28 heavy (non-hydrogen) atoms. The van der Waals surface area contributed by atoms with E-state index in [1.54, 1.807) is 40.5 Å². The van der Waals surface area contributed by atoms with Crippen molar-refractivity contribution in [2.75, 3.05) is 11.4 Å². The minimum Gasteiger partial charge on any atom is -0.352 e. The number of benzene rings is 2. The Morgan fingerprint density at radius 3 is 2.68 bits per heavy atom. The van der Waals surface area contributed by atoms with Crippen LogP contribution in [0.3, 0.4) is 0 Å². The van der Waals surface area contributed by atoms with Crippen molar-refractivity contribution < 1.29 is 9.59 Å². The van der Waals surface area contributed by atoms with E-state index in [4.69, 9.17) is 11.6 Å². The molecule has 2 amide bonds. The number of carbonyl (C=O) groups is 2. The summed E-state index contributed by atoms with van der Waals surface area (Å²) in [5, 5.41) is 5.54. The lowest BCUT2D eigenvalue weighted by atomic mass is 10.1. The van der Waals surface area contributed by atoms with Crippen LogP contribution in [-0.2, 0) is 24.2 Å². The number of fused-ring (bicyclic) bond motifs is 1. The van der Waals surface area contributed by atoms with Gasteiger partial charge in [-0.3, -0.25) is 9.59 Å². The van der Waals surface area contributed by atoms with E-state index in [1.165, 1.54) is 0 Å². The lowest BCUT2D eigenvalue weighted by Gasteiger charge is -2.18. The van der Waals surface area contributed by atoms with Gasteiger partial charge in [0.05, 0.1) is 6.42 Å². The molecule has 0 spiro atoms. The zero-order valence-corrected chi connectivity index (χ0v) is 16.7. The maximum atomic E-state index is 12.9. The van der Waals surface area contributed by atoms with Crippen molar-refractivity contribution in [3.05, 3.63) is 86.6 Å². The van der Waals surface area contributed by atoms with Crippen LogP contribution in [-0.4, -0.2) is 18.4 Å². The minimum absolute atomic E-state index is 0.00274. The summed E-state index contributed by atoms with van der Waals surface area (Å²) in [5.74, 6) is -0.0358. The first-order valence-corrected chi connectivity index (χ1v) is 10.3. The Morgan fingerprint density at radius 1 is 1.11 bits per heavy atom. The molecule has 0 radical (unpaired) electrons. The summed E-state index contributed by atoms with van der Waals surface area (Å²) < 4.78 is 0. The number of nitrogens with zero attached hydrogens (tertiary/aromatic N) is 1. The third kappa shape index (κ3) is 4.11.